The number of methoxy groups -OCH3 is 1. The zero-order chi connectivity index (χ0) is 14.7. The van der Waals surface area contributed by atoms with Gasteiger partial charge in [-0.2, -0.15) is 5.10 Å². The summed E-state index contributed by atoms with van der Waals surface area (Å²) < 4.78 is 6.56. The van der Waals surface area contributed by atoms with Crippen LogP contribution in [0, 0.1) is 0 Å². The predicted octanol–water partition coefficient (Wildman–Crippen LogP) is 1.24. The van der Waals surface area contributed by atoms with Crippen molar-refractivity contribution in [1.29, 1.82) is 0 Å². The predicted molar refractivity (Wildman–Crippen MR) is 72.8 cm³/mol. The number of primary amides is 1. The first-order chi connectivity index (χ1) is 9.51. The van der Waals surface area contributed by atoms with Crippen molar-refractivity contribution in [3.8, 4) is 5.75 Å². The van der Waals surface area contributed by atoms with E-state index in [1.54, 1.807) is 7.11 Å². The lowest BCUT2D eigenvalue weighted by atomic mass is 10.2. The van der Waals surface area contributed by atoms with Crippen LogP contribution in [0.4, 0.5) is 0 Å². The number of rotatable bonds is 5. The first-order valence-corrected chi connectivity index (χ1v) is 6.03. The van der Waals surface area contributed by atoms with Crippen molar-refractivity contribution >= 4 is 11.7 Å². The molecule has 0 fully saturated rings. The normalized spacial score (nSPS) is 10.3. The molecule has 6 heteroatoms. The molecule has 0 aliphatic heterocycles. The van der Waals surface area contributed by atoms with Gasteiger partial charge in [-0.05, 0) is 17.7 Å². The highest BCUT2D eigenvalue weighted by Gasteiger charge is 2.15. The summed E-state index contributed by atoms with van der Waals surface area (Å²) in [6.07, 6.45) is 0. The third-order valence-corrected chi connectivity index (χ3v) is 2.86. The number of hydrogen-bond donors (Lipinski definition) is 1. The number of benzene rings is 1. The summed E-state index contributed by atoms with van der Waals surface area (Å²) in [7, 11) is 1.58. The molecule has 0 aliphatic rings. The monoisotopic (exact) mass is 273 g/mol. The molecule has 2 aromatic rings. The molecular formula is C14H15N3O3. The van der Waals surface area contributed by atoms with E-state index in [9.17, 15) is 9.59 Å². The van der Waals surface area contributed by atoms with Crippen LogP contribution in [0.5, 0.6) is 5.75 Å². The van der Waals surface area contributed by atoms with Crippen LogP contribution in [-0.2, 0) is 6.54 Å². The van der Waals surface area contributed by atoms with Crippen LogP contribution >= 0.6 is 0 Å². The Morgan fingerprint density at radius 1 is 1.35 bits per heavy atom. The van der Waals surface area contributed by atoms with E-state index in [1.165, 1.54) is 17.7 Å². The second-order valence-electron chi connectivity index (χ2n) is 4.34. The maximum absolute atomic E-state index is 11.4. The lowest BCUT2D eigenvalue weighted by Crippen LogP contribution is -2.18. The minimum atomic E-state index is -0.618. The number of nitrogens with two attached hydrogens (primary N) is 1. The Balaban J connectivity index is 2.36. The van der Waals surface area contributed by atoms with Crippen molar-refractivity contribution < 1.29 is 14.3 Å². The molecule has 1 heterocycles. The summed E-state index contributed by atoms with van der Waals surface area (Å²) in [4.78, 5) is 22.7. The third-order valence-electron chi connectivity index (χ3n) is 2.86. The van der Waals surface area contributed by atoms with Gasteiger partial charge in [0, 0.05) is 13.0 Å². The molecule has 2 N–H and O–H groups in total. The number of Topliss-reactive ketones (excluding diaryl/α,β-unsaturated/α-hetero) is 1. The number of carbonyl (C=O) groups excluding carboxylic acids is 2. The second-order valence-corrected chi connectivity index (χ2v) is 4.34. The van der Waals surface area contributed by atoms with Gasteiger partial charge in [0.15, 0.2) is 5.78 Å². The largest absolute Gasteiger partial charge is 0.497 e. The van der Waals surface area contributed by atoms with Gasteiger partial charge in [-0.15, -0.1) is 0 Å². The maximum Gasteiger partial charge on any atom is 0.267 e. The summed E-state index contributed by atoms with van der Waals surface area (Å²) in [6, 6.07) is 8.78. The van der Waals surface area contributed by atoms with Gasteiger partial charge in [0.05, 0.1) is 13.7 Å². The van der Waals surface area contributed by atoms with Gasteiger partial charge in [-0.3, -0.25) is 14.3 Å². The Morgan fingerprint density at radius 3 is 2.70 bits per heavy atom. The molecule has 20 heavy (non-hydrogen) atoms. The minimum Gasteiger partial charge on any atom is -0.497 e. The lowest BCUT2D eigenvalue weighted by Gasteiger charge is -2.07. The number of nitrogens with zero attached hydrogens (tertiary/aromatic N) is 2. The average Bonchev–Trinajstić information content (AvgIpc) is 2.83. The third kappa shape index (κ3) is 2.85. The Labute approximate surface area is 116 Å². The smallest absolute Gasteiger partial charge is 0.267 e. The molecular weight excluding hydrogens is 258 g/mol. The number of aromatic nitrogens is 2. The molecule has 1 amide bonds. The summed E-state index contributed by atoms with van der Waals surface area (Å²) in [5, 5.41) is 4.11. The van der Waals surface area contributed by atoms with Crippen LogP contribution in [-0.4, -0.2) is 28.6 Å². The first kappa shape index (κ1) is 13.8. The van der Waals surface area contributed by atoms with Crippen LogP contribution in [0.2, 0.25) is 0 Å². The molecule has 0 aliphatic carbocycles. The zero-order valence-corrected chi connectivity index (χ0v) is 11.3. The fraction of sp³-hybridized carbons (Fsp3) is 0.214. The van der Waals surface area contributed by atoms with Gasteiger partial charge in [-0.25, -0.2) is 0 Å². The van der Waals surface area contributed by atoms with E-state index < -0.39 is 5.91 Å². The molecule has 0 bridgehead atoms. The van der Waals surface area contributed by atoms with E-state index in [2.05, 4.69) is 5.10 Å². The van der Waals surface area contributed by atoms with Crippen molar-refractivity contribution in [2.45, 2.75) is 13.5 Å². The molecule has 2 rings (SSSR count). The highest BCUT2D eigenvalue weighted by Crippen LogP contribution is 2.15. The summed E-state index contributed by atoms with van der Waals surface area (Å²) >= 11 is 0. The van der Waals surface area contributed by atoms with Crippen LogP contribution in [0.15, 0.2) is 30.3 Å². The summed E-state index contributed by atoms with van der Waals surface area (Å²) in [6.45, 7) is 1.73. The topological polar surface area (TPSA) is 87.2 Å². The van der Waals surface area contributed by atoms with Crippen LogP contribution < -0.4 is 10.5 Å². The number of ketones is 1. The molecule has 0 saturated carbocycles. The Kier molecular flexibility index (Phi) is 3.84. The lowest BCUT2D eigenvalue weighted by molar-refractivity contribution is 0.0987. The molecule has 0 spiro atoms. The zero-order valence-electron chi connectivity index (χ0n) is 11.3. The summed E-state index contributed by atoms with van der Waals surface area (Å²) in [5.74, 6) is -0.119. The van der Waals surface area contributed by atoms with Gasteiger partial charge in [-0.1, -0.05) is 12.1 Å². The fourth-order valence-corrected chi connectivity index (χ4v) is 1.85. The first-order valence-electron chi connectivity index (χ1n) is 6.03. The van der Waals surface area contributed by atoms with Crippen molar-refractivity contribution in [2.75, 3.05) is 7.11 Å². The van der Waals surface area contributed by atoms with E-state index in [-0.39, 0.29) is 17.2 Å². The molecule has 104 valence electrons. The van der Waals surface area contributed by atoms with Gasteiger partial charge >= 0.3 is 0 Å². The van der Waals surface area contributed by atoms with E-state index in [0.29, 0.717) is 12.3 Å². The highest BCUT2D eigenvalue weighted by atomic mass is 16.5. The maximum atomic E-state index is 11.4. The van der Waals surface area contributed by atoms with Crippen molar-refractivity contribution in [3.05, 3.63) is 47.3 Å². The van der Waals surface area contributed by atoms with Gasteiger partial charge < -0.3 is 10.5 Å². The number of ether oxygens (including phenoxy) is 1. The Morgan fingerprint density at radius 2 is 2.10 bits per heavy atom. The van der Waals surface area contributed by atoms with E-state index in [4.69, 9.17) is 10.5 Å². The highest BCUT2D eigenvalue weighted by molar-refractivity contribution is 5.97. The van der Waals surface area contributed by atoms with E-state index in [1.807, 2.05) is 24.3 Å². The van der Waals surface area contributed by atoms with Crippen molar-refractivity contribution in [1.82, 2.24) is 9.78 Å². The quantitative estimate of drug-likeness (QED) is 0.830. The minimum absolute atomic E-state index is 0.206. The van der Waals surface area contributed by atoms with Crippen LogP contribution in [0.25, 0.3) is 0 Å². The second kappa shape index (κ2) is 5.56. The standard InChI is InChI=1S/C14H15N3O3/c1-9(18)12-7-13(14(15)19)17(16-12)8-10-4-3-5-11(6-10)20-2/h3-7H,8H2,1-2H3,(H2,15,19). The number of amides is 1. The van der Waals surface area contributed by atoms with E-state index >= 15 is 0 Å². The molecule has 0 unspecified atom stereocenters. The SMILES string of the molecule is COc1cccc(Cn2nc(C(C)=O)cc2C(N)=O)c1. The molecule has 0 saturated heterocycles. The molecule has 1 aromatic carbocycles. The molecule has 1 aromatic heterocycles. The van der Waals surface area contributed by atoms with E-state index in [0.717, 1.165) is 5.56 Å². The van der Waals surface area contributed by atoms with Crippen molar-refractivity contribution in [3.63, 3.8) is 0 Å². The average molecular weight is 273 g/mol. The van der Waals surface area contributed by atoms with Crippen molar-refractivity contribution in [2.24, 2.45) is 5.73 Å². The number of carbonyl (C=O) groups is 2. The van der Waals surface area contributed by atoms with Gasteiger partial charge in [0.25, 0.3) is 5.91 Å². The number of hydrogen-bond acceptors (Lipinski definition) is 4. The fourth-order valence-electron chi connectivity index (χ4n) is 1.85. The van der Waals surface area contributed by atoms with Gasteiger partial charge in [0.1, 0.15) is 17.1 Å². The van der Waals surface area contributed by atoms with Crippen LogP contribution in [0.3, 0.4) is 0 Å². The molecule has 6 nitrogen and oxygen atoms in total. The van der Waals surface area contributed by atoms with Crippen LogP contribution in [0.1, 0.15) is 33.5 Å². The Bertz CT molecular complexity index is 661. The Hall–Kier alpha value is -2.63. The molecule has 0 atom stereocenters. The summed E-state index contributed by atoms with van der Waals surface area (Å²) in [5.41, 5.74) is 6.63. The van der Waals surface area contributed by atoms with Gasteiger partial charge in [0.2, 0.25) is 0 Å². The molecule has 0 radical (unpaired) electrons.